The third-order valence-corrected chi connectivity index (χ3v) is 4.31. The molecule has 0 saturated heterocycles. The van der Waals surface area contributed by atoms with E-state index in [2.05, 4.69) is 18.2 Å². The maximum Gasteiger partial charge on any atom is 0.318 e. The van der Waals surface area contributed by atoms with Gasteiger partial charge in [0.1, 0.15) is 0 Å². The second-order valence-corrected chi connectivity index (χ2v) is 5.40. The lowest BCUT2D eigenvalue weighted by atomic mass is 9.97. The Morgan fingerprint density at radius 1 is 1.05 bits per heavy atom. The largest absolute Gasteiger partial charge is 0.490 e. The van der Waals surface area contributed by atoms with Crippen LogP contribution in [-0.2, 0) is 6.42 Å². The molecule has 0 aliphatic heterocycles. The quantitative estimate of drug-likeness (QED) is 0.408. The summed E-state index contributed by atoms with van der Waals surface area (Å²) in [4.78, 5) is 11.3. The first kappa shape index (κ1) is 12.8. The van der Waals surface area contributed by atoms with Crippen LogP contribution in [0.2, 0.25) is 0 Å². The number of hydrogen-bond acceptors (Lipinski definition) is 3. The molecule has 0 unspecified atom stereocenters. The molecular formula is C18H13NO3. The summed E-state index contributed by atoms with van der Waals surface area (Å²) in [5, 5.41) is 13.2. The SMILES string of the molecule is COc1ccc2ccc3c(c2c1[N+](=O)[O-])Cc1ccccc1-3. The lowest BCUT2D eigenvalue weighted by Gasteiger charge is -2.09. The highest BCUT2D eigenvalue weighted by Crippen LogP contribution is 2.45. The first-order valence-corrected chi connectivity index (χ1v) is 7.06. The Balaban J connectivity index is 2.12. The molecule has 3 aromatic carbocycles. The van der Waals surface area contributed by atoms with Gasteiger partial charge >= 0.3 is 5.69 Å². The highest BCUT2D eigenvalue weighted by Gasteiger charge is 2.27. The van der Waals surface area contributed by atoms with Crippen LogP contribution in [0, 0.1) is 10.1 Å². The van der Waals surface area contributed by atoms with Crippen LogP contribution in [0.3, 0.4) is 0 Å². The third kappa shape index (κ3) is 1.64. The van der Waals surface area contributed by atoms with Crippen LogP contribution in [0.4, 0.5) is 5.69 Å². The molecule has 22 heavy (non-hydrogen) atoms. The number of nitro benzene ring substituents is 1. The molecule has 3 aromatic rings. The van der Waals surface area contributed by atoms with Crippen LogP contribution in [0.15, 0.2) is 48.5 Å². The highest BCUT2D eigenvalue weighted by atomic mass is 16.6. The van der Waals surface area contributed by atoms with Gasteiger partial charge in [-0.25, -0.2) is 0 Å². The summed E-state index contributed by atoms with van der Waals surface area (Å²) in [6.45, 7) is 0. The fourth-order valence-electron chi connectivity index (χ4n) is 3.36. The number of ether oxygens (including phenoxy) is 1. The van der Waals surface area contributed by atoms with Gasteiger partial charge in [0.25, 0.3) is 0 Å². The minimum absolute atomic E-state index is 0.0599. The van der Waals surface area contributed by atoms with Crippen LogP contribution in [0.1, 0.15) is 11.1 Å². The first-order chi connectivity index (χ1) is 10.7. The average Bonchev–Trinajstić information content (AvgIpc) is 2.92. The Morgan fingerprint density at radius 3 is 2.59 bits per heavy atom. The number of nitro groups is 1. The first-order valence-electron chi connectivity index (χ1n) is 7.06. The Labute approximate surface area is 127 Å². The normalized spacial score (nSPS) is 12.0. The van der Waals surface area contributed by atoms with Crippen LogP contribution in [-0.4, -0.2) is 12.0 Å². The molecule has 0 aromatic heterocycles. The van der Waals surface area contributed by atoms with Crippen molar-refractivity contribution in [1.29, 1.82) is 0 Å². The fourth-order valence-corrected chi connectivity index (χ4v) is 3.36. The zero-order valence-electron chi connectivity index (χ0n) is 12.0. The monoisotopic (exact) mass is 291 g/mol. The summed E-state index contributed by atoms with van der Waals surface area (Å²) in [5.41, 5.74) is 4.53. The van der Waals surface area contributed by atoms with Gasteiger partial charge in [-0.3, -0.25) is 10.1 Å². The van der Waals surface area contributed by atoms with E-state index in [1.807, 2.05) is 24.3 Å². The van der Waals surface area contributed by atoms with Crippen molar-refractivity contribution >= 4 is 16.5 Å². The molecule has 108 valence electrons. The Bertz CT molecular complexity index is 931. The number of hydrogen-bond donors (Lipinski definition) is 0. The van der Waals surface area contributed by atoms with Crippen molar-refractivity contribution < 1.29 is 9.66 Å². The maximum atomic E-state index is 11.6. The van der Waals surface area contributed by atoms with E-state index in [1.54, 1.807) is 6.07 Å². The van der Waals surface area contributed by atoms with Crippen molar-refractivity contribution in [2.24, 2.45) is 0 Å². The zero-order chi connectivity index (χ0) is 15.3. The number of methoxy groups -OCH3 is 1. The molecule has 4 nitrogen and oxygen atoms in total. The lowest BCUT2D eigenvalue weighted by Crippen LogP contribution is -1.97. The van der Waals surface area contributed by atoms with Gasteiger partial charge in [0, 0.05) is 0 Å². The Morgan fingerprint density at radius 2 is 1.82 bits per heavy atom. The minimum atomic E-state index is -0.343. The number of nitrogens with zero attached hydrogens (tertiary/aromatic N) is 1. The highest BCUT2D eigenvalue weighted by molar-refractivity contribution is 6.02. The molecule has 0 heterocycles. The standard InChI is InChI=1S/C18H13NO3/c1-22-16-9-7-11-6-8-14-13-5-3-2-4-12(13)10-15(14)17(11)18(16)19(20)21/h2-9H,10H2,1H3. The van der Waals surface area contributed by atoms with Crippen molar-refractivity contribution in [3.63, 3.8) is 0 Å². The van der Waals surface area contributed by atoms with Crippen LogP contribution >= 0.6 is 0 Å². The second-order valence-electron chi connectivity index (χ2n) is 5.40. The molecule has 1 aliphatic carbocycles. The molecule has 0 saturated carbocycles. The molecular weight excluding hydrogens is 278 g/mol. The van der Waals surface area contributed by atoms with E-state index in [-0.39, 0.29) is 10.6 Å². The molecule has 0 atom stereocenters. The van der Waals surface area contributed by atoms with E-state index in [9.17, 15) is 10.1 Å². The summed E-state index contributed by atoms with van der Waals surface area (Å²) in [7, 11) is 1.46. The van der Waals surface area contributed by atoms with Gasteiger partial charge in [-0.15, -0.1) is 0 Å². The average molecular weight is 291 g/mol. The van der Waals surface area contributed by atoms with Gasteiger partial charge in [-0.2, -0.15) is 0 Å². The summed E-state index contributed by atoms with van der Waals surface area (Å²) in [6, 6.07) is 15.7. The molecule has 0 spiro atoms. The molecule has 4 heteroatoms. The minimum Gasteiger partial charge on any atom is -0.490 e. The summed E-state index contributed by atoms with van der Waals surface area (Å²) < 4.78 is 5.21. The summed E-state index contributed by atoms with van der Waals surface area (Å²) >= 11 is 0. The fraction of sp³-hybridized carbons (Fsp3) is 0.111. The zero-order valence-corrected chi connectivity index (χ0v) is 12.0. The second kappa shape index (κ2) is 4.56. The summed E-state index contributed by atoms with van der Waals surface area (Å²) in [6.07, 6.45) is 0.719. The van der Waals surface area contributed by atoms with E-state index < -0.39 is 0 Å². The van der Waals surface area contributed by atoms with Gasteiger partial charge in [-0.05, 0) is 40.1 Å². The van der Waals surface area contributed by atoms with Gasteiger partial charge in [-0.1, -0.05) is 42.5 Å². The van der Waals surface area contributed by atoms with Crippen molar-refractivity contribution in [3.8, 4) is 16.9 Å². The third-order valence-electron chi connectivity index (χ3n) is 4.31. The molecule has 0 amide bonds. The molecule has 0 radical (unpaired) electrons. The Hall–Kier alpha value is -2.88. The number of fused-ring (bicyclic) bond motifs is 5. The predicted octanol–water partition coefficient (Wildman–Crippen LogP) is 4.33. The van der Waals surface area contributed by atoms with Crippen LogP contribution in [0.25, 0.3) is 21.9 Å². The van der Waals surface area contributed by atoms with E-state index in [4.69, 9.17) is 4.74 Å². The molecule has 1 aliphatic rings. The predicted molar refractivity (Wildman–Crippen MR) is 85.4 cm³/mol. The van der Waals surface area contributed by atoms with Gasteiger partial charge in [0.2, 0.25) is 0 Å². The molecule has 4 rings (SSSR count). The summed E-state index contributed by atoms with van der Waals surface area (Å²) in [5.74, 6) is 0.307. The topological polar surface area (TPSA) is 52.4 Å². The van der Waals surface area contributed by atoms with Gasteiger partial charge in [0.15, 0.2) is 5.75 Å². The van der Waals surface area contributed by atoms with E-state index in [0.717, 1.165) is 28.5 Å². The van der Waals surface area contributed by atoms with Crippen molar-refractivity contribution in [2.75, 3.05) is 7.11 Å². The molecule has 0 fully saturated rings. The van der Waals surface area contributed by atoms with E-state index >= 15 is 0 Å². The smallest absolute Gasteiger partial charge is 0.318 e. The Kier molecular flexibility index (Phi) is 2.66. The van der Waals surface area contributed by atoms with Gasteiger partial charge in [0.05, 0.1) is 17.4 Å². The molecule has 0 bridgehead atoms. The van der Waals surface area contributed by atoms with Gasteiger partial charge < -0.3 is 4.74 Å². The van der Waals surface area contributed by atoms with Crippen LogP contribution in [0.5, 0.6) is 5.75 Å². The maximum absolute atomic E-state index is 11.6. The van der Waals surface area contributed by atoms with E-state index in [0.29, 0.717) is 11.1 Å². The number of rotatable bonds is 2. The van der Waals surface area contributed by atoms with Crippen LogP contribution < -0.4 is 4.74 Å². The van der Waals surface area contributed by atoms with E-state index in [1.165, 1.54) is 12.7 Å². The van der Waals surface area contributed by atoms with Crippen molar-refractivity contribution in [3.05, 3.63) is 69.8 Å². The van der Waals surface area contributed by atoms with Crippen molar-refractivity contribution in [2.45, 2.75) is 6.42 Å². The number of benzene rings is 3. The van der Waals surface area contributed by atoms with Crippen molar-refractivity contribution in [1.82, 2.24) is 0 Å². The molecule has 0 N–H and O–H groups in total. The lowest BCUT2D eigenvalue weighted by molar-refractivity contribution is -0.384.